The summed E-state index contributed by atoms with van der Waals surface area (Å²) in [6.45, 7) is 2.96. The molecule has 128 valence electrons. The molecule has 3 heterocycles. The van der Waals surface area contributed by atoms with Gasteiger partial charge in [-0.3, -0.25) is 4.79 Å². The first kappa shape index (κ1) is 16.0. The molecule has 0 radical (unpaired) electrons. The molecule has 1 aliphatic rings. The van der Waals surface area contributed by atoms with Crippen LogP contribution in [-0.4, -0.2) is 20.7 Å². The van der Waals surface area contributed by atoms with Crippen LogP contribution < -0.4 is 5.32 Å². The van der Waals surface area contributed by atoms with Crippen molar-refractivity contribution in [2.45, 2.75) is 39.2 Å². The zero-order valence-corrected chi connectivity index (χ0v) is 15.0. The average molecular weight is 352 g/mol. The van der Waals surface area contributed by atoms with E-state index >= 15 is 0 Å². The highest BCUT2D eigenvalue weighted by Gasteiger charge is 2.16. The summed E-state index contributed by atoms with van der Waals surface area (Å²) in [7, 11) is 0. The fourth-order valence-electron chi connectivity index (χ4n) is 3.18. The summed E-state index contributed by atoms with van der Waals surface area (Å²) >= 11 is 1.50. The summed E-state index contributed by atoms with van der Waals surface area (Å²) in [5.74, 6) is 1.88. The van der Waals surface area contributed by atoms with E-state index in [-0.39, 0.29) is 5.91 Å². The van der Waals surface area contributed by atoms with E-state index in [2.05, 4.69) is 20.1 Å². The minimum atomic E-state index is -0.0738. The van der Waals surface area contributed by atoms with Gasteiger partial charge in [0.15, 0.2) is 5.82 Å². The standard InChI is InChI=1S/C19H20N4OS/c1-13-9-10-16(25-13)19(24)20-15-7-5-6-14(12-15)18-22-21-17-8-3-2-4-11-23(17)18/h5-7,9-10,12H,2-4,8,11H2,1H3,(H,20,24). The second kappa shape index (κ2) is 6.80. The number of hydrogen-bond acceptors (Lipinski definition) is 4. The third kappa shape index (κ3) is 3.35. The predicted molar refractivity (Wildman–Crippen MR) is 100 cm³/mol. The number of aryl methyl sites for hydroxylation is 2. The molecule has 0 saturated heterocycles. The number of fused-ring (bicyclic) bond motifs is 1. The molecule has 25 heavy (non-hydrogen) atoms. The molecule has 2 aromatic heterocycles. The van der Waals surface area contributed by atoms with Crippen molar-refractivity contribution >= 4 is 22.9 Å². The lowest BCUT2D eigenvalue weighted by atomic mass is 10.2. The Balaban J connectivity index is 1.60. The van der Waals surface area contributed by atoms with E-state index in [0.717, 1.165) is 52.0 Å². The molecule has 0 saturated carbocycles. The third-order valence-corrected chi connectivity index (χ3v) is 5.45. The topological polar surface area (TPSA) is 59.8 Å². The highest BCUT2D eigenvalue weighted by atomic mass is 32.1. The smallest absolute Gasteiger partial charge is 0.265 e. The van der Waals surface area contributed by atoms with E-state index < -0.39 is 0 Å². The Labute approximate surface area is 150 Å². The van der Waals surface area contributed by atoms with Crippen molar-refractivity contribution in [2.24, 2.45) is 0 Å². The zero-order valence-electron chi connectivity index (χ0n) is 14.2. The lowest BCUT2D eigenvalue weighted by molar-refractivity contribution is 0.103. The van der Waals surface area contributed by atoms with Gasteiger partial charge in [0.05, 0.1) is 4.88 Å². The number of benzene rings is 1. The van der Waals surface area contributed by atoms with Gasteiger partial charge in [-0.2, -0.15) is 0 Å². The first-order valence-electron chi connectivity index (χ1n) is 8.61. The number of rotatable bonds is 3. The molecule has 0 atom stereocenters. The number of thiophene rings is 1. The predicted octanol–water partition coefficient (Wildman–Crippen LogP) is 4.29. The number of carbonyl (C=O) groups excluding carboxylic acids is 1. The molecule has 1 aromatic carbocycles. The Morgan fingerprint density at radius 3 is 2.92 bits per heavy atom. The second-order valence-corrected chi connectivity index (χ2v) is 7.64. The summed E-state index contributed by atoms with van der Waals surface area (Å²) in [5.41, 5.74) is 1.76. The SMILES string of the molecule is Cc1ccc(C(=O)Nc2cccc(-c3nnc4n3CCCCC4)c2)s1. The maximum absolute atomic E-state index is 12.4. The number of aromatic nitrogens is 3. The molecule has 1 N–H and O–H groups in total. The molecule has 0 aliphatic carbocycles. The third-order valence-electron chi connectivity index (χ3n) is 4.45. The van der Waals surface area contributed by atoms with Crippen LogP contribution in [0.4, 0.5) is 5.69 Å². The molecule has 0 spiro atoms. The Hall–Kier alpha value is -2.47. The van der Waals surface area contributed by atoms with Crippen molar-refractivity contribution in [1.29, 1.82) is 0 Å². The van der Waals surface area contributed by atoms with Gasteiger partial charge in [0.1, 0.15) is 5.82 Å². The molecular formula is C19H20N4OS. The van der Waals surface area contributed by atoms with Crippen LogP contribution in [0.5, 0.6) is 0 Å². The van der Waals surface area contributed by atoms with Crippen LogP contribution in [-0.2, 0) is 13.0 Å². The molecule has 0 bridgehead atoms. The quantitative estimate of drug-likeness (QED) is 0.765. The monoisotopic (exact) mass is 352 g/mol. The van der Waals surface area contributed by atoms with Crippen LogP contribution in [0.15, 0.2) is 36.4 Å². The maximum atomic E-state index is 12.4. The molecule has 6 heteroatoms. The normalized spacial score (nSPS) is 14.0. The van der Waals surface area contributed by atoms with Crippen LogP contribution in [0.2, 0.25) is 0 Å². The zero-order chi connectivity index (χ0) is 17.2. The highest BCUT2D eigenvalue weighted by molar-refractivity contribution is 7.14. The number of nitrogens with one attached hydrogen (secondary N) is 1. The summed E-state index contributed by atoms with van der Waals surface area (Å²) in [6, 6.07) is 11.7. The minimum absolute atomic E-state index is 0.0738. The lowest BCUT2D eigenvalue weighted by Gasteiger charge is -2.09. The van der Waals surface area contributed by atoms with E-state index in [0.29, 0.717) is 0 Å². The molecule has 4 rings (SSSR count). The van der Waals surface area contributed by atoms with Crippen LogP contribution in [0.3, 0.4) is 0 Å². The Kier molecular flexibility index (Phi) is 4.36. The molecular weight excluding hydrogens is 332 g/mol. The van der Waals surface area contributed by atoms with Crippen LogP contribution in [0.1, 0.15) is 39.6 Å². The van der Waals surface area contributed by atoms with Gasteiger partial charge in [-0.25, -0.2) is 0 Å². The number of amides is 1. The van der Waals surface area contributed by atoms with E-state index in [1.54, 1.807) is 0 Å². The number of nitrogens with zero attached hydrogens (tertiary/aromatic N) is 3. The van der Waals surface area contributed by atoms with Gasteiger partial charge in [0.2, 0.25) is 0 Å². The van der Waals surface area contributed by atoms with Gasteiger partial charge in [0.25, 0.3) is 5.91 Å². The number of anilines is 1. The molecule has 3 aromatic rings. The first-order valence-corrected chi connectivity index (χ1v) is 9.43. The molecule has 1 aliphatic heterocycles. The Morgan fingerprint density at radius 2 is 2.08 bits per heavy atom. The minimum Gasteiger partial charge on any atom is -0.321 e. The first-order chi connectivity index (χ1) is 12.2. The van der Waals surface area contributed by atoms with Gasteiger partial charge in [-0.05, 0) is 44.0 Å². The summed E-state index contributed by atoms with van der Waals surface area (Å²) in [6.07, 6.45) is 4.56. The maximum Gasteiger partial charge on any atom is 0.265 e. The van der Waals surface area contributed by atoms with Crippen molar-refractivity contribution in [3.63, 3.8) is 0 Å². The van der Waals surface area contributed by atoms with E-state index in [1.165, 1.54) is 24.2 Å². The van der Waals surface area contributed by atoms with Crippen molar-refractivity contribution in [3.05, 3.63) is 52.0 Å². The molecule has 5 nitrogen and oxygen atoms in total. The van der Waals surface area contributed by atoms with E-state index in [1.807, 2.05) is 43.3 Å². The van der Waals surface area contributed by atoms with Crippen molar-refractivity contribution in [1.82, 2.24) is 14.8 Å². The van der Waals surface area contributed by atoms with Gasteiger partial charge >= 0.3 is 0 Å². The second-order valence-electron chi connectivity index (χ2n) is 6.35. The average Bonchev–Trinajstić information content (AvgIpc) is 3.15. The summed E-state index contributed by atoms with van der Waals surface area (Å²) in [4.78, 5) is 14.2. The van der Waals surface area contributed by atoms with Gasteiger partial charge < -0.3 is 9.88 Å². The summed E-state index contributed by atoms with van der Waals surface area (Å²) in [5, 5.41) is 11.7. The van der Waals surface area contributed by atoms with Crippen molar-refractivity contribution in [2.75, 3.05) is 5.32 Å². The molecule has 0 unspecified atom stereocenters. The fraction of sp³-hybridized carbons (Fsp3) is 0.316. The summed E-state index contributed by atoms with van der Waals surface area (Å²) < 4.78 is 2.22. The largest absolute Gasteiger partial charge is 0.321 e. The highest BCUT2D eigenvalue weighted by Crippen LogP contribution is 2.25. The Bertz CT molecular complexity index is 912. The van der Waals surface area contributed by atoms with E-state index in [4.69, 9.17) is 0 Å². The molecule has 1 amide bonds. The number of carbonyl (C=O) groups is 1. The van der Waals surface area contributed by atoms with Gasteiger partial charge in [-0.15, -0.1) is 21.5 Å². The van der Waals surface area contributed by atoms with Crippen LogP contribution in [0.25, 0.3) is 11.4 Å². The van der Waals surface area contributed by atoms with E-state index in [9.17, 15) is 4.79 Å². The van der Waals surface area contributed by atoms with Crippen molar-refractivity contribution < 1.29 is 4.79 Å². The Morgan fingerprint density at radius 1 is 1.16 bits per heavy atom. The van der Waals surface area contributed by atoms with Gasteiger partial charge in [-0.1, -0.05) is 18.6 Å². The lowest BCUT2D eigenvalue weighted by Crippen LogP contribution is -2.10. The van der Waals surface area contributed by atoms with Crippen LogP contribution >= 0.6 is 11.3 Å². The van der Waals surface area contributed by atoms with Crippen molar-refractivity contribution in [3.8, 4) is 11.4 Å². The van der Waals surface area contributed by atoms with Crippen LogP contribution in [0, 0.1) is 6.92 Å². The molecule has 0 fully saturated rings. The fourth-order valence-corrected chi connectivity index (χ4v) is 3.95. The number of hydrogen-bond donors (Lipinski definition) is 1. The van der Waals surface area contributed by atoms with Gasteiger partial charge in [0, 0.05) is 29.1 Å².